The molecule has 1 N–H and O–H groups in total. The van der Waals surface area contributed by atoms with E-state index in [1.54, 1.807) is 19.9 Å². The van der Waals surface area contributed by atoms with Crippen LogP contribution >= 0.6 is 11.8 Å². The van der Waals surface area contributed by atoms with Gasteiger partial charge >= 0.3 is 0 Å². The molecule has 0 saturated carbocycles. The van der Waals surface area contributed by atoms with Crippen LogP contribution in [0.4, 0.5) is 5.82 Å². The lowest BCUT2D eigenvalue weighted by Gasteiger charge is -2.33. The van der Waals surface area contributed by atoms with E-state index in [2.05, 4.69) is 17.4 Å². The van der Waals surface area contributed by atoms with Crippen LogP contribution in [-0.2, 0) is 9.59 Å². The summed E-state index contributed by atoms with van der Waals surface area (Å²) in [4.78, 5) is 26.2. The third-order valence-electron chi connectivity index (χ3n) is 3.83. The van der Waals surface area contributed by atoms with Crippen molar-refractivity contribution >= 4 is 29.4 Å². The number of aromatic nitrogens is 1. The lowest BCUT2D eigenvalue weighted by Crippen LogP contribution is -2.43. The normalized spacial score (nSPS) is 19.8. The summed E-state index contributed by atoms with van der Waals surface area (Å²) >= 11 is 1.35. The molecule has 2 atom stereocenters. The monoisotopic (exact) mass is 325 g/mol. The minimum Gasteiger partial charge on any atom is -0.360 e. The van der Waals surface area contributed by atoms with Crippen LogP contribution in [0.2, 0.25) is 0 Å². The van der Waals surface area contributed by atoms with Gasteiger partial charge in [0.15, 0.2) is 5.82 Å². The summed E-state index contributed by atoms with van der Waals surface area (Å²) in [6.07, 6.45) is 3.33. The lowest BCUT2D eigenvalue weighted by molar-refractivity contribution is -0.131. The number of rotatable bonds is 5. The number of carbonyl (C=O) groups excluding carboxylic acids is 2. The van der Waals surface area contributed by atoms with E-state index in [0.717, 1.165) is 19.4 Å². The molecule has 1 saturated heterocycles. The summed E-state index contributed by atoms with van der Waals surface area (Å²) in [6, 6.07) is 1.97. The van der Waals surface area contributed by atoms with Crippen LogP contribution in [0.1, 0.15) is 38.9 Å². The number of likely N-dealkylation sites (tertiary alicyclic amines) is 1. The van der Waals surface area contributed by atoms with Crippen LogP contribution in [0.25, 0.3) is 0 Å². The fourth-order valence-electron chi connectivity index (χ4n) is 2.48. The molecule has 0 radical (unpaired) electrons. The van der Waals surface area contributed by atoms with Crippen LogP contribution < -0.4 is 5.32 Å². The Morgan fingerprint density at radius 1 is 1.55 bits per heavy atom. The average molecular weight is 325 g/mol. The van der Waals surface area contributed by atoms with Gasteiger partial charge < -0.3 is 14.7 Å². The second-order valence-corrected chi connectivity index (χ2v) is 7.03. The first kappa shape index (κ1) is 16.9. The molecule has 2 rings (SSSR count). The zero-order valence-electron chi connectivity index (χ0n) is 13.3. The fourth-order valence-corrected chi connectivity index (χ4v) is 3.25. The standard InChI is InChI=1S/C15H23N3O3S/c1-10-6-4-5-7-18(10)14(19)9-22-12(3)15(20)16-13-8-11(2)21-17-13/h8,10,12H,4-7,9H2,1-3H3,(H,16,17,20). The molecule has 122 valence electrons. The van der Waals surface area contributed by atoms with Crippen molar-refractivity contribution in [1.82, 2.24) is 10.1 Å². The van der Waals surface area contributed by atoms with Gasteiger partial charge in [-0.25, -0.2) is 0 Å². The maximum atomic E-state index is 12.2. The number of nitrogens with one attached hydrogen (secondary N) is 1. The summed E-state index contributed by atoms with van der Waals surface area (Å²) in [7, 11) is 0. The highest BCUT2D eigenvalue weighted by atomic mass is 32.2. The lowest BCUT2D eigenvalue weighted by atomic mass is 10.0. The predicted molar refractivity (Wildman–Crippen MR) is 86.8 cm³/mol. The Bertz CT molecular complexity index is 532. The van der Waals surface area contributed by atoms with Crippen molar-refractivity contribution in [2.75, 3.05) is 17.6 Å². The van der Waals surface area contributed by atoms with Crippen molar-refractivity contribution < 1.29 is 14.1 Å². The van der Waals surface area contributed by atoms with Gasteiger partial charge in [-0.3, -0.25) is 9.59 Å². The molecule has 7 heteroatoms. The van der Waals surface area contributed by atoms with Gasteiger partial charge in [-0.1, -0.05) is 5.16 Å². The summed E-state index contributed by atoms with van der Waals surface area (Å²) in [6.45, 7) is 6.48. The number of thioether (sulfide) groups is 1. The van der Waals surface area contributed by atoms with Crippen molar-refractivity contribution in [3.05, 3.63) is 11.8 Å². The van der Waals surface area contributed by atoms with E-state index < -0.39 is 0 Å². The quantitative estimate of drug-likeness (QED) is 0.900. The van der Waals surface area contributed by atoms with E-state index in [-0.39, 0.29) is 17.1 Å². The first-order valence-electron chi connectivity index (χ1n) is 7.62. The smallest absolute Gasteiger partial charge is 0.238 e. The fraction of sp³-hybridized carbons (Fsp3) is 0.667. The Morgan fingerprint density at radius 2 is 2.32 bits per heavy atom. The van der Waals surface area contributed by atoms with Gasteiger partial charge in [-0.15, -0.1) is 11.8 Å². The topological polar surface area (TPSA) is 75.4 Å². The second-order valence-electron chi connectivity index (χ2n) is 5.70. The van der Waals surface area contributed by atoms with E-state index in [1.807, 2.05) is 4.90 Å². The van der Waals surface area contributed by atoms with E-state index >= 15 is 0 Å². The number of carbonyl (C=O) groups is 2. The summed E-state index contributed by atoms with van der Waals surface area (Å²) in [5.74, 6) is 1.33. The molecule has 6 nitrogen and oxygen atoms in total. The number of hydrogen-bond acceptors (Lipinski definition) is 5. The summed E-state index contributed by atoms with van der Waals surface area (Å²) in [5, 5.41) is 6.09. The number of anilines is 1. The SMILES string of the molecule is Cc1cc(NC(=O)C(C)SCC(=O)N2CCCCC2C)no1. The average Bonchev–Trinajstić information content (AvgIpc) is 2.90. The Morgan fingerprint density at radius 3 is 2.95 bits per heavy atom. The van der Waals surface area contributed by atoms with Gasteiger partial charge in [-0.05, 0) is 40.0 Å². The molecule has 2 unspecified atom stereocenters. The third kappa shape index (κ3) is 4.50. The maximum absolute atomic E-state index is 12.2. The maximum Gasteiger partial charge on any atom is 0.238 e. The van der Waals surface area contributed by atoms with Crippen molar-refractivity contribution in [1.29, 1.82) is 0 Å². The molecule has 1 aromatic rings. The Labute approximate surface area is 135 Å². The molecule has 0 spiro atoms. The molecule has 2 heterocycles. The first-order valence-corrected chi connectivity index (χ1v) is 8.67. The van der Waals surface area contributed by atoms with E-state index in [0.29, 0.717) is 23.4 Å². The molecule has 1 aromatic heterocycles. The van der Waals surface area contributed by atoms with Crippen LogP contribution in [0.5, 0.6) is 0 Å². The molecule has 0 aromatic carbocycles. The van der Waals surface area contributed by atoms with E-state index in [9.17, 15) is 9.59 Å². The largest absolute Gasteiger partial charge is 0.360 e. The van der Waals surface area contributed by atoms with Gasteiger partial charge in [0.25, 0.3) is 0 Å². The number of amides is 2. The Hall–Kier alpha value is -1.50. The molecular weight excluding hydrogens is 302 g/mol. The number of aryl methyl sites for hydroxylation is 1. The number of piperidine rings is 1. The molecule has 0 aliphatic carbocycles. The third-order valence-corrected chi connectivity index (χ3v) is 4.96. The van der Waals surface area contributed by atoms with Gasteiger partial charge in [0.05, 0.1) is 11.0 Å². The molecule has 0 bridgehead atoms. The van der Waals surface area contributed by atoms with Crippen molar-refractivity contribution in [3.63, 3.8) is 0 Å². The highest BCUT2D eigenvalue weighted by Gasteiger charge is 2.24. The van der Waals surface area contributed by atoms with Crippen LogP contribution in [-0.4, -0.2) is 45.5 Å². The molecule has 1 fully saturated rings. The van der Waals surface area contributed by atoms with Crippen molar-refractivity contribution in [2.24, 2.45) is 0 Å². The predicted octanol–water partition coefficient (Wildman–Crippen LogP) is 2.44. The Kier molecular flexibility index (Phi) is 5.88. The number of hydrogen-bond donors (Lipinski definition) is 1. The number of nitrogens with zero attached hydrogens (tertiary/aromatic N) is 2. The molecular formula is C15H23N3O3S. The molecule has 1 aliphatic heterocycles. The molecule has 22 heavy (non-hydrogen) atoms. The zero-order valence-corrected chi connectivity index (χ0v) is 14.1. The highest BCUT2D eigenvalue weighted by molar-refractivity contribution is 8.01. The molecule has 2 amide bonds. The van der Waals surface area contributed by atoms with Gasteiger partial charge in [0.1, 0.15) is 5.76 Å². The van der Waals surface area contributed by atoms with Gasteiger partial charge in [0, 0.05) is 18.7 Å². The molecule has 1 aliphatic rings. The van der Waals surface area contributed by atoms with Crippen LogP contribution in [0, 0.1) is 6.92 Å². The van der Waals surface area contributed by atoms with Gasteiger partial charge in [-0.2, -0.15) is 0 Å². The zero-order chi connectivity index (χ0) is 16.1. The van der Waals surface area contributed by atoms with E-state index in [1.165, 1.54) is 18.2 Å². The summed E-state index contributed by atoms with van der Waals surface area (Å²) < 4.78 is 4.90. The Balaban J connectivity index is 1.77. The van der Waals surface area contributed by atoms with Crippen LogP contribution in [0.3, 0.4) is 0 Å². The highest BCUT2D eigenvalue weighted by Crippen LogP contribution is 2.20. The second kappa shape index (κ2) is 7.67. The first-order chi connectivity index (χ1) is 10.5. The minimum absolute atomic E-state index is 0.120. The van der Waals surface area contributed by atoms with Crippen molar-refractivity contribution in [2.45, 2.75) is 51.3 Å². The summed E-state index contributed by atoms with van der Waals surface area (Å²) in [5.41, 5.74) is 0. The van der Waals surface area contributed by atoms with E-state index in [4.69, 9.17) is 4.52 Å². The van der Waals surface area contributed by atoms with Gasteiger partial charge in [0.2, 0.25) is 11.8 Å². The minimum atomic E-state index is -0.318. The van der Waals surface area contributed by atoms with Crippen LogP contribution in [0.15, 0.2) is 10.6 Å². The van der Waals surface area contributed by atoms with Crippen molar-refractivity contribution in [3.8, 4) is 0 Å².